The van der Waals surface area contributed by atoms with Crippen LogP contribution in [0.5, 0.6) is 0 Å². The van der Waals surface area contributed by atoms with Crippen LogP contribution in [0, 0.1) is 0 Å². The molecule has 5 rings (SSSR count). The van der Waals surface area contributed by atoms with E-state index in [9.17, 15) is 33.6 Å². The Labute approximate surface area is 363 Å². The Morgan fingerprint density at radius 2 is 0.762 bits per heavy atom. The third-order valence-electron chi connectivity index (χ3n) is 9.72. The minimum atomic E-state index is -1.84. The van der Waals surface area contributed by atoms with Gasteiger partial charge in [-0.25, -0.2) is 0 Å². The highest BCUT2D eigenvalue weighted by atomic mass is 16.8. The topological polar surface area (TPSA) is 221 Å². The van der Waals surface area contributed by atoms with Gasteiger partial charge in [-0.05, 0) is 16.7 Å². The van der Waals surface area contributed by atoms with Crippen LogP contribution in [-0.2, 0) is 91.3 Å². The highest BCUT2D eigenvalue weighted by Gasteiger charge is 2.58. The maximum absolute atomic E-state index is 12.9. The van der Waals surface area contributed by atoms with Crippen molar-refractivity contribution in [2.45, 2.75) is 115 Å². The molecule has 2 heterocycles. The first-order chi connectivity index (χ1) is 30.0. The SMILES string of the molecule is CC(=O)OC[C@H]1O[C@H](OC(C)=O)[C@H](OC(C)=O)[C@@H](OC(C)=O)[C@@H]1O[C@@H]1O[C@H](COC(c2ccccc2)(c2ccccc2)c2ccccc2)[C@@H](OC(C)=O)[C@H](OC(C)=O)[C@H]1OC(C)=O. The molecule has 63 heavy (non-hydrogen) atoms. The molecule has 0 saturated carbocycles. The van der Waals surface area contributed by atoms with Gasteiger partial charge in [-0.1, -0.05) is 91.0 Å². The van der Waals surface area contributed by atoms with Gasteiger partial charge < -0.3 is 52.1 Å². The number of ether oxygens (including phenoxy) is 11. The number of esters is 7. The molecule has 338 valence electrons. The van der Waals surface area contributed by atoms with Crippen LogP contribution < -0.4 is 0 Å². The number of benzene rings is 3. The monoisotopic (exact) mass is 878 g/mol. The lowest BCUT2D eigenvalue weighted by atomic mass is 9.80. The quantitative estimate of drug-likeness (QED) is 0.114. The maximum atomic E-state index is 12.9. The zero-order chi connectivity index (χ0) is 45.8. The van der Waals surface area contributed by atoms with E-state index < -0.39 is 122 Å². The second-order valence-corrected chi connectivity index (χ2v) is 14.6. The van der Waals surface area contributed by atoms with Crippen molar-refractivity contribution in [3.63, 3.8) is 0 Å². The Bertz CT molecular complexity index is 1960. The van der Waals surface area contributed by atoms with E-state index in [0.29, 0.717) is 16.7 Å². The van der Waals surface area contributed by atoms with E-state index in [0.717, 1.165) is 48.5 Å². The molecule has 0 unspecified atom stereocenters. The van der Waals surface area contributed by atoms with Crippen LogP contribution in [0.25, 0.3) is 0 Å². The van der Waals surface area contributed by atoms with Crippen molar-refractivity contribution < 1.29 is 85.7 Å². The molecule has 2 aliphatic rings. The molecule has 0 bridgehead atoms. The highest BCUT2D eigenvalue weighted by molar-refractivity contribution is 5.69. The molecule has 10 atom stereocenters. The summed E-state index contributed by atoms with van der Waals surface area (Å²) in [5.41, 5.74) is 0.726. The van der Waals surface area contributed by atoms with Crippen molar-refractivity contribution in [2.75, 3.05) is 13.2 Å². The summed E-state index contributed by atoms with van der Waals surface area (Å²) in [7, 11) is 0. The van der Waals surface area contributed by atoms with Gasteiger partial charge in [0.1, 0.15) is 30.5 Å². The Morgan fingerprint density at radius 3 is 1.17 bits per heavy atom. The van der Waals surface area contributed by atoms with Crippen LogP contribution in [0.2, 0.25) is 0 Å². The van der Waals surface area contributed by atoms with Gasteiger partial charge in [0.05, 0.1) is 6.61 Å². The van der Waals surface area contributed by atoms with E-state index in [1.807, 2.05) is 91.0 Å². The average molecular weight is 879 g/mol. The van der Waals surface area contributed by atoms with Crippen molar-refractivity contribution in [1.29, 1.82) is 0 Å². The third-order valence-corrected chi connectivity index (χ3v) is 9.72. The van der Waals surface area contributed by atoms with Crippen molar-refractivity contribution in [3.05, 3.63) is 108 Å². The predicted molar refractivity (Wildman–Crippen MR) is 214 cm³/mol. The standard InChI is InChI=1S/C45H50O18/c1-25(46)53-23-35-38(40(57-28(4)49)41(58-29(5)50)43(61-35)60-31(7)52)63-44-42(59-30(6)51)39(56-27(3)48)37(55-26(2)47)36(62-44)24-54-45(32-17-11-8-12-18-32,33-19-13-9-14-20-33)34-21-15-10-16-22-34/h8-22,35-44H,23-24H2,1-7H3/t35-,36-,37-,38-,39+,40+,41-,42-,43+,44+/m1/s1. The Kier molecular flexibility index (Phi) is 16.5. The van der Waals surface area contributed by atoms with Crippen LogP contribution in [0.1, 0.15) is 65.2 Å². The number of hydrogen-bond acceptors (Lipinski definition) is 18. The zero-order valence-corrected chi connectivity index (χ0v) is 35.7. The number of rotatable bonds is 16. The maximum Gasteiger partial charge on any atom is 0.305 e. The van der Waals surface area contributed by atoms with Gasteiger partial charge in [0.25, 0.3) is 0 Å². The fourth-order valence-corrected chi connectivity index (χ4v) is 7.51. The van der Waals surface area contributed by atoms with Crippen LogP contribution in [0.3, 0.4) is 0 Å². The lowest BCUT2D eigenvalue weighted by molar-refractivity contribution is -0.359. The number of carbonyl (C=O) groups excluding carboxylic acids is 7. The summed E-state index contributed by atoms with van der Waals surface area (Å²) in [6.07, 6.45) is -16.4. The minimum absolute atomic E-state index is 0.433. The molecular formula is C45H50O18. The highest BCUT2D eigenvalue weighted by Crippen LogP contribution is 2.42. The predicted octanol–water partition coefficient (Wildman–Crippen LogP) is 3.61. The van der Waals surface area contributed by atoms with Crippen molar-refractivity contribution in [3.8, 4) is 0 Å². The molecule has 2 aliphatic heterocycles. The third kappa shape index (κ3) is 12.3. The fraction of sp³-hybridized carbons (Fsp3) is 0.444. The van der Waals surface area contributed by atoms with E-state index in [4.69, 9.17) is 52.1 Å². The molecular weight excluding hydrogens is 828 g/mol. The Hall–Kier alpha value is -6.21. The molecule has 0 spiro atoms. The summed E-state index contributed by atoms with van der Waals surface area (Å²) in [5, 5.41) is 0. The molecule has 0 aromatic heterocycles. The van der Waals surface area contributed by atoms with Crippen LogP contribution in [-0.4, -0.2) is 116 Å². The molecule has 0 radical (unpaired) electrons. The molecule has 18 heteroatoms. The molecule has 0 amide bonds. The fourth-order valence-electron chi connectivity index (χ4n) is 7.51. The van der Waals surface area contributed by atoms with Crippen molar-refractivity contribution >= 4 is 41.8 Å². The van der Waals surface area contributed by atoms with Gasteiger partial charge in [-0.2, -0.15) is 0 Å². The summed E-state index contributed by atoms with van der Waals surface area (Å²) in [6, 6.07) is 27.8. The van der Waals surface area contributed by atoms with E-state index in [-0.39, 0.29) is 0 Å². The van der Waals surface area contributed by atoms with Crippen LogP contribution in [0.4, 0.5) is 0 Å². The molecule has 0 N–H and O–H groups in total. The van der Waals surface area contributed by atoms with E-state index in [1.165, 1.54) is 0 Å². The van der Waals surface area contributed by atoms with E-state index in [1.54, 1.807) is 0 Å². The Balaban J connectivity index is 1.68. The number of carbonyl (C=O) groups is 7. The second-order valence-electron chi connectivity index (χ2n) is 14.6. The molecule has 0 aliphatic carbocycles. The molecule has 2 fully saturated rings. The summed E-state index contributed by atoms with van der Waals surface area (Å²) in [5.74, 6) is -6.10. The van der Waals surface area contributed by atoms with Gasteiger partial charge in [-0.3, -0.25) is 33.6 Å². The van der Waals surface area contributed by atoms with Gasteiger partial charge in [0.2, 0.25) is 12.4 Å². The summed E-state index contributed by atoms with van der Waals surface area (Å²) < 4.78 is 65.2. The second kappa shape index (κ2) is 21.7. The minimum Gasteiger partial charge on any atom is -0.463 e. The summed E-state index contributed by atoms with van der Waals surface area (Å²) in [6.45, 7) is 6.46. The molecule has 2 saturated heterocycles. The smallest absolute Gasteiger partial charge is 0.305 e. The first-order valence-corrected chi connectivity index (χ1v) is 19.9. The molecule has 3 aromatic rings. The largest absolute Gasteiger partial charge is 0.463 e. The molecule has 3 aromatic carbocycles. The normalized spacial score (nSPS) is 25.6. The first-order valence-electron chi connectivity index (χ1n) is 19.9. The zero-order valence-electron chi connectivity index (χ0n) is 35.7. The van der Waals surface area contributed by atoms with E-state index >= 15 is 0 Å². The summed E-state index contributed by atoms with van der Waals surface area (Å²) in [4.78, 5) is 88.1. The van der Waals surface area contributed by atoms with Crippen LogP contribution in [0.15, 0.2) is 91.0 Å². The first kappa shape index (κ1) is 47.8. The van der Waals surface area contributed by atoms with E-state index in [2.05, 4.69) is 0 Å². The Morgan fingerprint density at radius 1 is 0.413 bits per heavy atom. The van der Waals surface area contributed by atoms with Gasteiger partial charge in [0.15, 0.2) is 30.7 Å². The summed E-state index contributed by atoms with van der Waals surface area (Å²) >= 11 is 0. The molecule has 18 nitrogen and oxygen atoms in total. The number of hydrogen-bond donors (Lipinski definition) is 0. The van der Waals surface area contributed by atoms with Gasteiger partial charge in [-0.15, -0.1) is 0 Å². The lowest BCUT2D eigenvalue weighted by Gasteiger charge is -2.49. The lowest BCUT2D eigenvalue weighted by Crippen LogP contribution is -2.67. The van der Waals surface area contributed by atoms with Crippen LogP contribution >= 0.6 is 0 Å². The van der Waals surface area contributed by atoms with Gasteiger partial charge in [0, 0.05) is 48.5 Å². The van der Waals surface area contributed by atoms with Crippen molar-refractivity contribution in [2.24, 2.45) is 0 Å². The average Bonchev–Trinajstić information content (AvgIpc) is 3.22. The van der Waals surface area contributed by atoms with Crippen molar-refractivity contribution in [1.82, 2.24) is 0 Å². The van der Waals surface area contributed by atoms with Gasteiger partial charge >= 0.3 is 41.8 Å².